The molecule has 0 spiro atoms. The van der Waals surface area contributed by atoms with Crippen molar-refractivity contribution in [2.24, 2.45) is 0 Å². The number of hydrogen-bond acceptors (Lipinski definition) is 20. The topological polar surface area (TPSA) is 311 Å². The molecule has 0 fully saturated rings. The first-order chi connectivity index (χ1) is 64.4. The van der Waals surface area contributed by atoms with E-state index in [1.807, 2.05) is 122 Å². The third-order valence-electron chi connectivity index (χ3n) is 25.2. The maximum atomic E-state index is 14.1. The average molecular weight is 2210 g/mol. The zero-order valence-electron chi connectivity index (χ0n) is 84.1. The van der Waals surface area contributed by atoms with Crippen molar-refractivity contribution in [3.05, 3.63) is 251 Å². The molecule has 28 nitrogen and oxygen atoms in total. The Labute approximate surface area is 878 Å². The van der Waals surface area contributed by atoms with Crippen LogP contribution in [0.5, 0.6) is 11.5 Å². The number of phenols is 1. The number of rotatable bonds is 22. The molecule has 2 N–H and O–H groups in total. The maximum absolute atomic E-state index is 14.1. The molecule has 139 heavy (non-hydrogen) atoms. The fraction of sp³-hybridized carbons (Fsp3) is 0.446. The minimum absolute atomic E-state index is 0. The number of aliphatic hydroxyl groups is 1. The number of aliphatic hydroxyl groups excluding tert-OH is 1. The number of alkyl halides is 1. The smallest absolute Gasteiger partial charge is 0.416 e. The second-order valence-corrected chi connectivity index (χ2v) is 54.8. The van der Waals surface area contributed by atoms with Gasteiger partial charge in [0.1, 0.15) is 72.1 Å². The van der Waals surface area contributed by atoms with E-state index in [-0.39, 0.29) is 132 Å². The summed E-state index contributed by atoms with van der Waals surface area (Å²) in [6.45, 7) is 62.4. The van der Waals surface area contributed by atoms with Crippen molar-refractivity contribution in [1.29, 1.82) is 0 Å². The first-order valence-electron chi connectivity index (χ1n) is 45.2. The Morgan fingerprint density at radius 1 is 0.460 bits per heavy atom. The molecule has 0 saturated carbocycles. The van der Waals surface area contributed by atoms with Crippen molar-refractivity contribution in [2.45, 2.75) is 253 Å². The molecular weight excluding hydrogens is 2080 g/mol. The second kappa shape index (κ2) is 53.3. The number of anilines is 4. The molecule has 0 bridgehead atoms. The predicted molar refractivity (Wildman–Crippen MR) is 564 cm³/mol. The number of phenolic OH excluding ortho intramolecular Hbond substituents is 1. The van der Waals surface area contributed by atoms with Gasteiger partial charge in [0.05, 0.1) is 53.3 Å². The van der Waals surface area contributed by atoms with Gasteiger partial charge in [0.2, 0.25) is 11.8 Å². The van der Waals surface area contributed by atoms with Crippen LogP contribution in [0, 0.1) is 39.8 Å². The Morgan fingerprint density at radius 2 is 0.734 bits per heavy atom. The zero-order chi connectivity index (χ0) is 102. The van der Waals surface area contributed by atoms with Gasteiger partial charge in [0, 0.05) is 84.8 Å². The van der Waals surface area contributed by atoms with Gasteiger partial charge < -0.3 is 76.6 Å². The second-order valence-electron chi connectivity index (χ2n) is 38.1. The maximum Gasteiger partial charge on any atom is 0.416 e. The van der Waals surface area contributed by atoms with Crippen molar-refractivity contribution in [1.82, 2.24) is 19.6 Å². The Kier molecular flexibility index (Phi) is 46.4. The average Bonchev–Trinajstić information content (AvgIpc) is 1.61. The molecule has 4 aromatic rings. The van der Waals surface area contributed by atoms with E-state index in [1.54, 1.807) is 69.1 Å². The van der Waals surface area contributed by atoms with Crippen molar-refractivity contribution >= 4 is 156 Å². The summed E-state index contributed by atoms with van der Waals surface area (Å²) >= 11 is 2.32. The summed E-state index contributed by atoms with van der Waals surface area (Å²) in [5, 5.41) is 21.1. The van der Waals surface area contributed by atoms with Crippen LogP contribution in [-0.2, 0) is 97.4 Å². The normalized spacial score (nSPS) is 19.7. The van der Waals surface area contributed by atoms with E-state index in [0.29, 0.717) is 98.9 Å². The van der Waals surface area contributed by atoms with Crippen LogP contribution in [0.4, 0.5) is 41.9 Å². The van der Waals surface area contributed by atoms with E-state index in [4.69, 9.17) is 45.4 Å². The molecule has 750 valence electrons. The summed E-state index contributed by atoms with van der Waals surface area (Å²) in [6, 6.07) is 17.7. The Bertz CT molecular complexity index is 5530. The van der Waals surface area contributed by atoms with E-state index >= 15 is 0 Å². The number of aryl methyl sites for hydroxylation is 4. The molecule has 0 radical (unpaired) electrons. The summed E-state index contributed by atoms with van der Waals surface area (Å²) in [4.78, 5) is 120. The van der Waals surface area contributed by atoms with Gasteiger partial charge in [-0.1, -0.05) is 198 Å². The van der Waals surface area contributed by atoms with Gasteiger partial charge in [-0.2, -0.15) is 47.5 Å². The Hall–Kier alpha value is -8.39. The number of aromatic hydroxyl groups is 1. The van der Waals surface area contributed by atoms with Gasteiger partial charge in [0.25, 0.3) is 11.8 Å². The van der Waals surface area contributed by atoms with Crippen LogP contribution < -0.4 is 24.3 Å². The molecule has 8 amide bonds. The molecule has 8 aliphatic heterocycles. The van der Waals surface area contributed by atoms with Crippen molar-refractivity contribution in [2.75, 3.05) is 57.1 Å². The van der Waals surface area contributed by atoms with Crippen molar-refractivity contribution in [3.8, 4) is 11.5 Å². The van der Waals surface area contributed by atoms with E-state index in [1.165, 1.54) is 45.1 Å². The largest absolute Gasteiger partial charge is 0.508 e. The van der Waals surface area contributed by atoms with E-state index in [9.17, 15) is 48.6 Å². The molecule has 0 saturated heterocycles. The predicted octanol–water partition coefficient (Wildman–Crippen LogP) is 22.6. The van der Waals surface area contributed by atoms with Crippen LogP contribution >= 0.6 is 38.6 Å². The van der Waals surface area contributed by atoms with Crippen LogP contribution in [0.2, 0.25) is 54.4 Å². The first kappa shape index (κ1) is 121. The number of halogens is 1. The Balaban J connectivity index is 0.000000321. The fourth-order valence-electron chi connectivity index (χ4n) is 15.4. The molecule has 8 atom stereocenters. The summed E-state index contributed by atoms with van der Waals surface area (Å²) in [6.07, 6.45) is 25.9. The monoisotopic (exact) mass is 2210 g/mol. The molecule has 8 aliphatic rings. The summed E-state index contributed by atoms with van der Waals surface area (Å²) < 4.78 is 67.0. The van der Waals surface area contributed by atoms with E-state index < -0.39 is 92.4 Å². The molecule has 4 aromatic carbocycles. The third-order valence-corrected chi connectivity index (χ3v) is 39.3. The zero-order valence-corrected chi connectivity index (χ0v) is 96.0. The number of carbonyl (C=O) groups is 8. The number of nitrogens with zero attached hydrogens (tertiary/aromatic N) is 8. The first-order valence-corrected chi connectivity index (χ1v) is 59.3. The summed E-state index contributed by atoms with van der Waals surface area (Å²) in [5.74, 6) is -0.207. The van der Waals surface area contributed by atoms with Crippen LogP contribution in [0.15, 0.2) is 195 Å². The number of ether oxygens (including phenoxy) is 5. The quantitative estimate of drug-likeness (QED) is 0.0108. The standard InChI is InChI=1S/C29H41IN2O5Si.C26H36N2O5Si.C26H35N2O4Si.C20H21N2O4.2HOPS.2Ti/c1-9-12-21-17-24-27(37-38(7,8)29(4,5)6)32(28(34)36-14-10-2)23-18-25(35-15-11-13-30)20(3)16-22(23)26(33)31(24)19-21;1-9-11-18-14-21-24(33-34(7,8)26(4,5)6)28(25(31)32-12-10-2)20-15-22(29)17(3)13-19(20)23(30)27(21)16-18;1-9-11-19-16-22-24(32-33(7,8)26(4,5)6)28(25(30)31-14-10-2)21-13-12-18(3)15-20(21)23(29)27(22)17-19;1-4-6-14-11-17-19(24)22(20(25)26-9-5-2)16-8-7-13(3)10-15(16)18(23)21(17)12-14;2*1-3-2;;/h9-10,12,16,18-19,24,27H,2,11,13-15,17H2,1,3-8H3;9-11,13,15-16,21,24,29H,2,12,14H2,1,3-8H3;9-11,13,15,17,22,24H,2,14,16H2,1,3-8H3;4-6,8,10,12,17,19,24H,2,9,11H2,1,3H3;2*2H;;/q;;2*-1;;;;/b12-9+;2*11-9+;6-4+;;;;/t24-,27-;21-,24-;22-,24-;17-,19-;;;;/m0000..../s1. The summed E-state index contributed by atoms with van der Waals surface area (Å²) in [5.41, 5.74) is 9.84. The number of allylic oxidation sites excluding steroid dienone is 8. The number of carbonyl (C=O) groups excluding carboxylic acids is 8. The van der Waals surface area contributed by atoms with Crippen LogP contribution in [0.25, 0.3) is 0 Å². The number of benzene rings is 4. The molecule has 8 heterocycles. The number of fused-ring (bicyclic) bond motifs is 8. The van der Waals surface area contributed by atoms with Gasteiger partial charge in [0.15, 0.2) is 37.4 Å². The number of amides is 8. The third kappa shape index (κ3) is 29.3. The van der Waals surface area contributed by atoms with E-state index in [0.717, 1.165) is 54.7 Å². The van der Waals surface area contributed by atoms with Gasteiger partial charge in [-0.3, -0.25) is 19.2 Å². The fourth-order valence-corrected chi connectivity index (χ4v) is 19.4. The SMILES string of the molecule is C=CCOC(=O)N1c2c[c-]c(C)cc2C(=O)N2C=C(/C=C/C)C[C@H]2[C@@H]1O.C=CCOC(=O)N1c2c[c-]c(C)cc2C(=O)N2C=C(/C=C/C)C[C@H]2[C@@H]1O[Si](C)(C)C(C)(C)C.C=CCOC(=O)N1c2cc(O)c(C)cc2C(=O)N2C=C(/C=C/C)C[C@H]2[C@@H]1O[Si](C)(C)C(C)(C)C.C=CCOC(=O)N1c2cc(OCCCI)c(C)cc2C(=O)N2C=C(/C=C/C)C[C@H]2[C@@H]1O[Si](C)(C)C(C)(C)C.O=S=P.O=S=P.[Ti].[Ti]. The van der Waals surface area contributed by atoms with Crippen LogP contribution in [0.1, 0.15) is 186 Å². The molecule has 0 unspecified atom stereocenters. The van der Waals surface area contributed by atoms with Gasteiger partial charge in [-0.15, -0.1) is 0 Å². The van der Waals surface area contributed by atoms with Gasteiger partial charge in [-0.05, 0) is 212 Å². The van der Waals surface area contributed by atoms with Crippen molar-refractivity contribution < 1.29 is 137 Å². The summed E-state index contributed by atoms with van der Waals surface area (Å²) in [7, 11) is -1.47. The molecule has 0 aromatic heterocycles. The van der Waals surface area contributed by atoms with Crippen LogP contribution in [-0.4, -0.2) is 198 Å². The van der Waals surface area contributed by atoms with Crippen LogP contribution in [0.3, 0.4) is 0 Å². The van der Waals surface area contributed by atoms with Crippen molar-refractivity contribution in [3.63, 3.8) is 0 Å². The molecular formula is C101H135IN8O20P2S2Si3Ti2-2. The van der Waals surface area contributed by atoms with Gasteiger partial charge in [-0.25, -0.2) is 37.4 Å². The molecule has 0 aliphatic carbocycles. The molecule has 12 rings (SSSR count). The molecule has 38 heteroatoms. The van der Waals surface area contributed by atoms with E-state index in [2.05, 4.69) is 179 Å². The minimum Gasteiger partial charge on any atom is -0.508 e. The Morgan fingerprint density at radius 3 is 1.04 bits per heavy atom. The minimum atomic E-state index is -2.41. The van der Waals surface area contributed by atoms with Gasteiger partial charge >= 0.3 is 24.4 Å². The number of hydrogen-bond donors (Lipinski definition) is 2.